The lowest BCUT2D eigenvalue weighted by Crippen LogP contribution is -2.47. The number of carbonyl (C=O) groups is 1. The molecule has 4 nitrogen and oxygen atoms in total. The Morgan fingerprint density at radius 1 is 1.35 bits per heavy atom. The van der Waals surface area contributed by atoms with Crippen LogP contribution in [0.2, 0.25) is 0 Å². The summed E-state index contributed by atoms with van der Waals surface area (Å²) in [5.41, 5.74) is 6.01. The summed E-state index contributed by atoms with van der Waals surface area (Å²) in [7, 11) is 0. The topological polar surface area (TPSA) is 68.0 Å². The molecule has 1 aliphatic carbocycles. The SMILES string of the molecule is CC1(NC(=O)c2ccc(N)nc2)CCCCC1. The highest BCUT2D eigenvalue weighted by Crippen LogP contribution is 2.27. The monoisotopic (exact) mass is 233 g/mol. The first kappa shape index (κ1) is 11.9. The molecule has 0 spiro atoms. The zero-order valence-electron chi connectivity index (χ0n) is 10.2. The highest BCUT2D eigenvalue weighted by Gasteiger charge is 2.28. The first-order valence-electron chi connectivity index (χ1n) is 6.13. The average molecular weight is 233 g/mol. The van der Waals surface area contributed by atoms with Crippen LogP contribution < -0.4 is 11.1 Å². The van der Waals surface area contributed by atoms with Gasteiger partial charge in [0, 0.05) is 11.7 Å². The van der Waals surface area contributed by atoms with Crippen molar-refractivity contribution in [3.8, 4) is 0 Å². The van der Waals surface area contributed by atoms with Gasteiger partial charge in [-0.15, -0.1) is 0 Å². The van der Waals surface area contributed by atoms with Crippen molar-refractivity contribution in [2.24, 2.45) is 0 Å². The number of rotatable bonds is 2. The molecule has 1 aromatic heterocycles. The summed E-state index contributed by atoms with van der Waals surface area (Å²) in [4.78, 5) is 16.0. The van der Waals surface area contributed by atoms with E-state index in [1.54, 1.807) is 12.1 Å². The van der Waals surface area contributed by atoms with E-state index in [1.807, 2.05) is 0 Å². The van der Waals surface area contributed by atoms with Gasteiger partial charge in [0.25, 0.3) is 5.91 Å². The number of nitrogens with two attached hydrogens (primary N) is 1. The third kappa shape index (κ3) is 2.96. The summed E-state index contributed by atoms with van der Waals surface area (Å²) in [6.45, 7) is 2.12. The van der Waals surface area contributed by atoms with E-state index in [0.717, 1.165) is 12.8 Å². The minimum Gasteiger partial charge on any atom is -0.384 e. The van der Waals surface area contributed by atoms with Gasteiger partial charge in [-0.1, -0.05) is 19.3 Å². The van der Waals surface area contributed by atoms with Gasteiger partial charge in [0.15, 0.2) is 0 Å². The summed E-state index contributed by atoms with van der Waals surface area (Å²) in [5, 5.41) is 3.11. The number of amides is 1. The first-order valence-corrected chi connectivity index (χ1v) is 6.13. The lowest BCUT2D eigenvalue weighted by Gasteiger charge is -2.34. The Bertz CT molecular complexity index is 394. The number of aromatic nitrogens is 1. The molecule has 4 heteroatoms. The van der Waals surface area contributed by atoms with E-state index in [0.29, 0.717) is 11.4 Å². The Morgan fingerprint density at radius 3 is 2.65 bits per heavy atom. The van der Waals surface area contributed by atoms with Crippen LogP contribution in [-0.2, 0) is 0 Å². The van der Waals surface area contributed by atoms with Crippen LogP contribution in [0.4, 0.5) is 5.82 Å². The van der Waals surface area contributed by atoms with Gasteiger partial charge in [0.1, 0.15) is 5.82 Å². The number of hydrogen-bond acceptors (Lipinski definition) is 3. The molecule has 1 amide bonds. The number of carbonyl (C=O) groups excluding carboxylic acids is 1. The predicted octanol–water partition coefficient (Wildman–Crippen LogP) is 2.12. The quantitative estimate of drug-likeness (QED) is 0.822. The molecular weight excluding hydrogens is 214 g/mol. The molecule has 1 aromatic rings. The van der Waals surface area contributed by atoms with Crippen molar-refractivity contribution in [3.63, 3.8) is 0 Å². The van der Waals surface area contributed by atoms with Gasteiger partial charge in [0.2, 0.25) is 0 Å². The second kappa shape index (κ2) is 4.73. The Hall–Kier alpha value is -1.58. The Kier molecular flexibility index (Phi) is 3.31. The third-order valence-electron chi connectivity index (χ3n) is 3.42. The molecule has 0 unspecified atom stereocenters. The molecule has 0 radical (unpaired) electrons. The molecule has 17 heavy (non-hydrogen) atoms. The van der Waals surface area contributed by atoms with Crippen molar-refractivity contribution < 1.29 is 4.79 Å². The molecule has 92 valence electrons. The zero-order valence-corrected chi connectivity index (χ0v) is 10.2. The second-order valence-corrected chi connectivity index (χ2v) is 5.05. The van der Waals surface area contributed by atoms with Crippen LogP contribution >= 0.6 is 0 Å². The van der Waals surface area contributed by atoms with E-state index in [-0.39, 0.29) is 11.4 Å². The van der Waals surface area contributed by atoms with Gasteiger partial charge >= 0.3 is 0 Å². The maximum atomic E-state index is 12.0. The Labute approximate surface area is 102 Å². The fourth-order valence-electron chi connectivity index (χ4n) is 2.34. The normalized spacial score (nSPS) is 18.6. The first-order chi connectivity index (χ1) is 8.09. The molecule has 3 N–H and O–H groups in total. The number of hydrogen-bond donors (Lipinski definition) is 2. The van der Waals surface area contributed by atoms with Gasteiger partial charge in [-0.3, -0.25) is 4.79 Å². The van der Waals surface area contributed by atoms with Crippen LogP contribution in [0, 0.1) is 0 Å². The standard InChI is InChI=1S/C13H19N3O/c1-13(7-3-2-4-8-13)16-12(17)10-5-6-11(14)15-9-10/h5-6,9H,2-4,7-8H2,1H3,(H2,14,15)(H,16,17). The maximum Gasteiger partial charge on any atom is 0.253 e. The fraction of sp³-hybridized carbons (Fsp3) is 0.538. The zero-order chi connectivity index (χ0) is 12.3. The largest absolute Gasteiger partial charge is 0.384 e. The predicted molar refractivity (Wildman–Crippen MR) is 67.6 cm³/mol. The van der Waals surface area contributed by atoms with Gasteiger partial charge < -0.3 is 11.1 Å². The van der Waals surface area contributed by atoms with Gasteiger partial charge in [-0.05, 0) is 31.9 Å². The van der Waals surface area contributed by atoms with Crippen LogP contribution in [0.3, 0.4) is 0 Å². The lowest BCUT2D eigenvalue weighted by atomic mass is 9.83. The summed E-state index contributed by atoms with van der Waals surface area (Å²) in [6.07, 6.45) is 7.29. The lowest BCUT2D eigenvalue weighted by molar-refractivity contribution is 0.0882. The summed E-state index contributed by atoms with van der Waals surface area (Å²) < 4.78 is 0. The molecule has 1 heterocycles. The molecule has 1 saturated carbocycles. The molecule has 0 bridgehead atoms. The van der Waals surface area contributed by atoms with Gasteiger partial charge in [0.05, 0.1) is 5.56 Å². The number of nitrogens with one attached hydrogen (secondary N) is 1. The third-order valence-corrected chi connectivity index (χ3v) is 3.42. The van der Waals surface area contributed by atoms with Crippen molar-refractivity contribution in [3.05, 3.63) is 23.9 Å². The molecule has 0 saturated heterocycles. The van der Waals surface area contributed by atoms with Crippen LogP contribution in [0.5, 0.6) is 0 Å². The number of nitrogens with zero attached hydrogens (tertiary/aromatic N) is 1. The fourth-order valence-corrected chi connectivity index (χ4v) is 2.34. The van der Waals surface area contributed by atoms with Crippen LogP contribution in [0.25, 0.3) is 0 Å². The number of nitrogen functional groups attached to an aromatic ring is 1. The minimum absolute atomic E-state index is 0.0538. The molecule has 2 rings (SSSR count). The molecule has 0 aromatic carbocycles. The smallest absolute Gasteiger partial charge is 0.253 e. The van der Waals surface area contributed by atoms with Gasteiger partial charge in [-0.25, -0.2) is 4.98 Å². The highest BCUT2D eigenvalue weighted by atomic mass is 16.1. The van der Waals surface area contributed by atoms with E-state index >= 15 is 0 Å². The van der Waals surface area contributed by atoms with E-state index in [4.69, 9.17) is 5.73 Å². The molecule has 1 aliphatic rings. The maximum absolute atomic E-state index is 12.0. The van der Waals surface area contributed by atoms with E-state index in [2.05, 4.69) is 17.2 Å². The van der Waals surface area contributed by atoms with Crippen molar-refractivity contribution >= 4 is 11.7 Å². The van der Waals surface area contributed by atoms with Crippen molar-refractivity contribution in [1.82, 2.24) is 10.3 Å². The van der Waals surface area contributed by atoms with Crippen LogP contribution in [0.15, 0.2) is 18.3 Å². The Balaban J connectivity index is 2.03. The highest BCUT2D eigenvalue weighted by molar-refractivity contribution is 5.94. The number of pyridine rings is 1. The molecule has 0 atom stereocenters. The number of anilines is 1. The van der Waals surface area contributed by atoms with Crippen molar-refractivity contribution in [1.29, 1.82) is 0 Å². The minimum atomic E-state index is -0.0588. The van der Waals surface area contributed by atoms with E-state index < -0.39 is 0 Å². The van der Waals surface area contributed by atoms with Crippen LogP contribution in [-0.4, -0.2) is 16.4 Å². The van der Waals surface area contributed by atoms with Crippen molar-refractivity contribution in [2.45, 2.75) is 44.6 Å². The Morgan fingerprint density at radius 2 is 2.06 bits per heavy atom. The summed E-state index contributed by atoms with van der Waals surface area (Å²) in [5.74, 6) is 0.382. The molecule has 1 fully saturated rings. The average Bonchev–Trinajstić information content (AvgIpc) is 2.30. The molecular formula is C13H19N3O. The van der Waals surface area contributed by atoms with Crippen LogP contribution in [0.1, 0.15) is 49.4 Å². The van der Waals surface area contributed by atoms with Crippen molar-refractivity contribution in [2.75, 3.05) is 5.73 Å². The second-order valence-electron chi connectivity index (χ2n) is 5.05. The summed E-state index contributed by atoms with van der Waals surface area (Å²) in [6, 6.07) is 3.36. The summed E-state index contributed by atoms with van der Waals surface area (Å²) >= 11 is 0. The molecule has 0 aliphatic heterocycles. The van der Waals surface area contributed by atoms with E-state index in [1.165, 1.54) is 25.5 Å². The van der Waals surface area contributed by atoms with E-state index in [9.17, 15) is 4.79 Å². The van der Waals surface area contributed by atoms with Gasteiger partial charge in [-0.2, -0.15) is 0 Å².